The van der Waals surface area contributed by atoms with Crippen molar-refractivity contribution in [2.45, 2.75) is 32.1 Å². The summed E-state index contributed by atoms with van der Waals surface area (Å²) in [6.07, 6.45) is 6.64. The molecule has 10 heteroatoms. The largest absolute Gasteiger partial charge is 0.403 e. The van der Waals surface area contributed by atoms with E-state index in [1.165, 1.54) is 36.7 Å². The number of rotatable bonds is 9. The Balaban J connectivity index is 0.000000310. The predicted octanol–water partition coefficient (Wildman–Crippen LogP) is 2.45. The monoisotopic (exact) mass is 542 g/mol. The Hall–Kier alpha value is -3.47. The molecule has 2 aromatic rings. The molecule has 1 heterocycles. The first-order valence-electron chi connectivity index (χ1n) is 13.5. The van der Waals surface area contributed by atoms with E-state index in [-0.39, 0.29) is 30.8 Å². The summed E-state index contributed by atoms with van der Waals surface area (Å²) in [7, 11) is 0. The lowest BCUT2D eigenvalue weighted by molar-refractivity contribution is -0.131. The molecular weight excluding hydrogens is 499 g/mol. The molecule has 0 unspecified atom stereocenters. The molecule has 39 heavy (non-hydrogen) atoms. The van der Waals surface area contributed by atoms with E-state index in [0.29, 0.717) is 25.2 Å². The maximum Gasteiger partial charge on any atom is 0.251 e. The molecule has 2 aromatic carbocycles. The van der Waals surface area contributed by atoms with Gasteiger partial charge in [-0.15, -0.1) is 0 Å². The highest BCUT2D eigenvalue weighted by molar-refractivity contribution is 5.96. The standard InChI is InChI=1S/C17H25N5O3.C9H9F.C3H9N/c18-5-6-19-15-3-1-14(2-4-15)17(25)20-13-16(24)22-9-7-21(8-10-22)11-12-23;10-9-5-3-8(4-6-9)7-1-2-7;1-2-3-4/h1-6,19,23H,7-13,18H2,(H,20,25);3-7H,1-2H2;2-4H2,1H3/b6-5-;;. The summed E-state index contributed by atoms with van der Waals surface area (Å²) >= 11 is 0. The third-order valence-corrected chi connectivity index (χ3v) is 6.24. The molecule has 0 bridgehead atoms. The van der Waals surface area contributed by atoms with Gasteiger partial charge in [-0.1, -0.05) is 19.1 Å². The number of nitrogens with zero attached hydrogens (tertiary/aromatic N) is 2. The lowest BCUT2D eigenvalue weighted by Gasteiger charge is -2.34. The van der Waals surface area contributed by atoms with E-state index in [9.17, 15) is 14.0 Å². The highest BCUT2D eigenvalue weighted by Crippen LogP contribution is 2.39. The van der Waals surface area contributed by atoms with Crippen LogP contribution in [-0.4, -0.2) is 79.1 Å². The van der Waals surface area contributed by atoms with E-state index in [1.54, 1.807) is 35.4 Å². The predicted molar refractivity (Wildman–Crippen MR) is 154 cm³/mol. The number of carbonyl (C=O) groups is 2. The minimum absolute atomic E-state index is 0.0191. The van der Waals surface area contributed by atoms with Gasteiger partial charge in [0.15, 0.2) is 0 Å². The molecule has 2 fully saturated rings. The average Bonchev–Trinajstić information content (AvgIpc) is 3.82. The fourth-order valence-electron chi connectivity index (χ4n) is 3.75. The maximum absolute atomic E-state index is 12.4. The van der Waals surface area contributed by atoms with Crippen molar-refractivity contribution in [2.24, 2.45) is 11.5 Å². The number of piperazine rings is 1. The molecule has 1 saturated heterocycles. The number of aliphatic hydroxyl groups excluding tert-OH is 1. The number of aliphatic hydroxyl groups is 1. The molecular formula is C29H43FN6O3. The normalized spacial score (nSPS) is 15.0. The first-order valence-corrected chi connectivity index (χ1v) is 13.5. The van der Waals surface area contributed by atoms with Gasteiger partial charge in [-0.2, -0.15) is 0 Å². The van der Waals surface area contributed by atoms with Crippen molar-refractivity contribution in [3.05, 3.63) is 77.9 Å². The minimum atomic E-state index is -0.284. The summed E-state index contributed by atoms with van der Waals surface area (Å²) in [5.74, 6) is 0.224. The summed E-state index contributed by atoms with van der Waals surface area (Å²) in [6.45, 7) is 6.33. The molecule has 1 aliphatic heterocycles. The van der Waals surface area contributed by atoms with Gasteiger partial charge < -0.3 is 32.1 Å². The Kier molecular flexibility index (Phi) is 14.6. The molecule has 0 aromatic heterocycles. The SMILES string of the molecule is CCCN.Fc1ccc(C2CC2)cc1.N/C=C\Nc1ccc(C(=O)NCC(=O)N2CCN(CCO)CC2)cc1. The number of benzene rings is 2. The van der Waals surface area contributed by atoms with Gasteiger partial charge in [0.05, 0.1) is 13.2 Å². The number of nitrogens with one attached hydrogen (secondary N) is 2. The van der Waals surface area contributed by atoms with E-state index in [4.69, 9.17) is 16.6 Å². The summed E-state index contributed by atoms with van der Waals surface area (Å²) in [5.41, 5.74) is 12.9. The third-order valence-electron chi connectivity index (χ3n) is 6.24. The van der Waals surface area contributed by atoms with Crippen LogP contribution in [0.1, 0.15) is 48.0 Å². The highest BCUT2D eigenvalue weighted by atomic mass is 19.1. The molecule has 7 N–H and O–H groups in total. The van der Waals surface area contributed by atoms with Crippen LogP contribution in [0.25, 0.3) is 0 Å². The van der Waals surface area contributed by atoms with Gasteiger partial charge in [0.1, 0.15) is 5.82 Å². The van der Waals surface area contributed by atoms with Crippen molar-refractivity contribution in [1.82, 2.24) is 15.1 Å². The topological polar surface area (TPSA) is 137 Å². The number of anilines is 1. The molecule has 214 valence electrons. The van der Waals surface area contributed by atoms with Gasteiger partial charge >= 0.3 is 0 Å². The number of halogens is 1. The first-order chi connectivity index (χ1) is 18.9. The third kappa shape index (κ3) is 12.3. The second-order valence-corrected chi connectivity index (χ2v) is 9.32. The number of hydrogen-bond donors (Lipinski definition) is 5. The molecule has 2 amide bonds. The second kappa shape index (κ2) is 17.9. The number of hydrogen-bond acceptors (Lipinski definition) is 7. The van der Waals surface area contributed by atoms with Crippen LogP contribution in [0, 0.1) is 5.82 Å². The van der Waals surface area contributed by atoms with Gasteiger partial charge in [0.2, 0.25) is 5.91 Å². The van der Waals surface area contributed by atoms with Crippen LogP contribution in [0.15, 0.2) is 60.9 Å². The zero-order chi connectivity index (χ0) is 28.5. The maximum atomic E-state index is 12.4. The van der Waals surface area contributed by atoms with Crippen molar-refractivity contribution in [2.75, 3.05) is 57.7 Å². The molecule has 0 atom stereocenters. The van der Waals surface area contributed by atoms with E-state index in [2.05, 4.69) is 22.5 Å². The van der Waals surface area contributed by atoms with E-state index < -0.39 is 0 Å². The van der Waals surface area contributed by atoms with Crippen molar-refractivity contribution in [1.29, 1.82) is 0 Å². The van der Waals surface area contributed by atoms with Crippen LogP contribution in [0.3, 0.4) is 0 Å². The summed E-state index contributed by atoms with van der Waals surface area (Å²) in [6, 6.07) is 13.7. The first kappa shape index (κ1) is 31.7. The Morgan fingerprint density at radius 2 is 1.67 bits per heavy atom. The van der Waals surface area contributed by atoms with E-state index in [1.807, 2.05) is 12.1 Å². The van der Waals surface area contributed by atoms with Gasteiger partial charge in [-0.25, -0.2) is 4.39 Å². The van der Waals surface area contributed by atoms with Gasteiger partial charge in [-0.05, 0) is 73.7 Å². The Morgan fingerprint density at radius 3 is 2.18 bits per heavy atom. The van der Waals surface area contributed by atoms with E-state index in [0.717, 1.165) is 37.7 Å². The zero-order valence-electron chi connectivity index (χ0n) is 22.8. The van der Waals surface area contributed by atoms with Gasteiger partial charge in [0.25, 0.3) is 5.91 Å². The summed E-state index contributed by atoms with van der Waals surface area (Å²) in [4.78, 5) is 28.2. The number of nitrogens with two attached hydrogens (primary N) is 2. The Labute approximate surface area is 231 Å². The quantitative estimate of drug-likeness (QED) is 0.328. The minimum Gasteiger partial charge on any atom is -0.403 e. The molecule has 9 nitrogen and oxygen atoms in total. The molecule has 0 spiro atoms. The average molecular weight is 543 g/mol. The fourth-order valence-corrected chi connectivity index (χ4v) is 3.75. The van der Waals surface area contributed by atoms with Crippen LogP contribution >= 0.6 is 0 Å². The van der Waals surface area contributed by atoms with Crippen LogP contribution in [0.4, 0.5) is 10.1 Å². The van der Waals surface area contributed by atoms with Crippen LogP contribution in [0.5, 0.6) is 0 Å². The Bertz CT molecular complexity index is 1000. The lowest BCUT2D eigenvalue weighted by Crippen LogP contribution is -2.51. The van der Waals surface area contributed by atoms with Crippen molar-refractivity contribution in [3.8, 4) is 0 Å². The fraction of sp³-hybridized carbons (Fsp3) is 0.448. The number of carbonyl (C=O) groups excluding carboxylic acids is 2. The highest BCUT2D eigenvalue weighted by Gasteiger charge is 2.23. The summed E-state index contributed by atoms with van der Waals surface area (Å²) in [5, 5.41) is 14.5. The molecule has 0 radical (unpaired) electrons. The second-order valence-electron chi connectivity index (χ2n) is 9.32. The summed E-state index contributed by atoms with van der Waals surface area (Å²) < 4.78 is 12.4. The molecule has 4 rings (SSSR count). The number of amides is 2. The van der Waals surface area contributed by atoms with Gasteiger partial charge in [0, 0.05) is 56.4 Å². The zero-order valence-corrected chi connectivity index (χ0v) is 22.8. The van der Waals surface area contributed by atoms with Crippen molar-refractivity contribution >= 4 is 17.5 Å². The molecule has 2 aliphatic rings. The van der Waals surface area contributed by atoms with Crippen molar-refractivity contribution in [3.63, 3.8) is 0 Å². The van der Waals surface area contributed by atoms with Crippen LogP contribution in [0.2, 0.25) is 0 Å². The molecule has 1 aliphatic carbocycles. The lowest BCUT2D eigenvalue weighted by atomic mass is 10.1. The molecule has 1 saturated carbocycles. The Morgan fingerprint density at radius 1 is 1.05 bits per heavy atom. The van der Waals surface area contributed by atoms with Crippen LogP contribution < -0.4 is 22.1 Å². The van der Waals surface area contributed by atoms with Crippen LogP contribution in [-0.2, 0) is 4.79 Å². The van der Waals surface area contributed by atoms with Crippen molar-refractivity contribution < 1.29 is 19.1 Å². The van der Waals surface area contributed by atoms with E-state index >= 15 is 0 Å². The smallest absolute Gasteiger partial charge is 0.251 e. The van der Waals surface area contributed by atoms with Gasteiger partial charge in [-0.3, -0.25) is 14.5 Å². The number of β-amino-alcohol motifs (C(OH)–C–C–N with tert-alkyl or cyclic N) is 1.